The first-order chi connectivity index (χ1) is 13.7. The number of rotatable bonds is 5. The van der Waals surface area contributed by atoms with Crippen molar-refractivity contribution in [2.45, 2.75) is 11.5 Å². The van der Waals surface area contributed by atoms with E-state index in [1.807, 2.05) is 72.8 Å². The maximum atomic E-state index is 12.6. The second-order valence-corrected chi connectivity index (χ2v) is 8.18. The molecule has 1 aliphatic rings. The molecule has 3 aromatic carbocycles. The number of carbonyl (C=O) groups is 1. The Morgan fingerprint density at radius 2 is 1.79 bits per heavy atom. The second-order valence-electron chi connectivity index (χ2n) is 6.24. The van der Waals surface area contributed by atoms with Gasteiger partial charge in [0.2, 0.25) is 5.78 Å². The molecule has 4 rings (SSSR count). The summed E-state index contributed by atoms with van der Waals surface area (Å²) >= 11 is 5.07. The Kier molecular flexibility index (Phi) is 5.55. The van der Waals surface area contributed by atoms with Gasteiger partial charge in [-0.1, -0.05) is 54.2 Å². The zero-order valence-electron chi connectivity index (χ0n) is 15.1. The average molecular weight is 453 g/mol. The smallest absolute Gasteiger partial charge is 0.200 e. The Bertz CT molecular complexity index is 1060. The Morgan fingerprint density at radius 1 is 1.04 bits per heavy atom. The summed E-state index contributed by atoms with van der Waals surface area (Å²) < 4.78 is 12.3. The molecule has 0 saturated heterocycles. The second kappa shape index (κ2) is 8.25. The minimum atomic E-state index is 0.0556. The van der Waals surface area contributed by atoms with Gasteiger partial charge in [-0.2, -0.15) is 0 Å². The van der Waals surface area contributed by atoms with Crippen molar-refractivity contribution in [2.24, 2.45) is 0 Å². The molecule has 0 atom stereocenters. The quantitative estimate of drug-likeness (QED) is 0.421. The van der Waals surface area contributed by atoms with E-state index >= 15 is 0 Å². The third kappa shape index (κ3) is 3.86. The average Bonchev–Trinajstić information content (AvgIpc) is 3.03. The number of methoxy groups -OCH3 is 1. The van der Waals surface area contributed by atoms with Crippen molar-refractivity contribution in [3.8, 4) is 11.5 Å². The Morgan fingerprint density at radius 3 is 2.54 bits per heavy atom. The van der Waals surface area contributed by atoms with Gasteiger partial charge in [0.1, 0.15) is 6.61 Å². The van der Waals surface area contributed by atoms with Gasteiger partial charge < -0.3 is 9.47 Å². The first kappa shape index (κ1) is 18.8. The van der Waals surface area contributed by atoms with E-state index in [0.29, 0.717) is 23.0 Å². The summed E-state index contributed by atoms with van der Waals surface area (Å²) in [6.45, 7) is 0.444. The number of hydrogen-bond acceptors (Lipinski definition) is 4. The Balaban J connectivity index is 1.60. The number of ketones is 1. The van der Waals surface area contributed by atoms with Crippen molar-refractivity contribution in [1.82, 2.24) is 0 Å². The molecule has 0 unspecified atom stereocenters. The molecule has 0 spiro atoms. The highest BCUT2D eigenvalue weighted by atomic mass is 79.9. The van der Waals surface area contributed by atoms with Crippen LogP contribution >= 0.6 is 27.7 Å². The summed E-state index contributed by atoms with van der Waals surface area (Å²) in [5.74, 6) is 1.31. The monoisotopic (exact) mass is 452 g/mol. The number of halogens is 1. The molecule has 1 aliphatic heterocycles. The SMILES string of the molecule is COc1cc(/C=C2/Sc3ccccc3C2=O)cc(Br)c1OCc1ccccc1. The molecule has 3 nitrogen and oxygen atoms in total. The van der Waals surface area contributed by atoms with Crippen molar-refractivity contribution in [3.63, 3.8) is 0 Å². The maximum Gasteiger partial charge on any atom is 0.200 e. The van der Waals surface area contributed by atoms with Crippen molar-refractivity contribution in [1.29, 1.82) is 0 Å². The number of Topliss-reactive ketones (excluding diaryl/α,β-unsaturated/α-hetero) is 1. The summed E-state index contributed by atoms with van der Waals surface area (Å²) in [6, 6.07) is 21.4. The van der Waals surface area contributed by atoms with E-state index in [2.05, 4.69) is 15.9 Å². The lowest BCUT2D eigenvalue weighted by Gasteiger charge is -2.14. The summed E-state index contributed by atoms with van der Waals surface area (Å²) in [5, 5.41) is 0. The van der Waals surface area contributed by atoms with E-state index in [1.165, 1.54) is 11.8 Å². The standard InChI is InChI=1S/C23H17BrO3S/c1-26-19-12-16(13-21-22(25)17-9-5-6-10-20(17)28-21)11-18(24)23(19)27-14-15-7-3-2-4-8-15/h2-13H,14H2,1H3/b21-13+. The number of hydrogen-bond donors (Lipinski definition) is 0. The van der Waals surface area contributed by atoms with Crippen molar-refractivity contribution < 1.29 is 14.3 Å². The van der Waals surface area contributed by atoms with Crippen molar-refractivity contribution in [3.05, 3.63) is 92.8 Å². The fourth-order valence-electron chi connectivity index (χ4n) is 2.98. The zero-order valence-corrected chi connectivity index (χ0v) is 17.5. The third-order valence-electron chi connectivity index (χ3n) is 4.35. The number of fused-ring (bicyclic) bond motifs is 1. The van der Waals surface area contributed by atoms with Crippen LogP contribution in [0.3, 0.4) is 0 Å². The third-order valence-corrected chi connectivity index (χ3v) is 6.04. The van der Waals surface area contributed by atoms with Gasteiger partial charge >= 0.3 is 0 Å². The van der Waals surface area contributed by atoms with E-state index in [0.717, 1.165) is 26.1 Å². The molecule has 28 heavy (non-hydrogen) atoms. The highest BCUT2D eigenvalue weighted by molar-refractivity contribution is 9.10. The van der Waals surface area contributed by atoms with Crippen LogP contribution in [0.25, 0.3) is 6.08 Å². The van der Waals surface area contributed by atoms with E-state index in [1.54, 1.807) is 7.11 Å². The number of allylic oxidation sites excluding steroid dienone is 1. The molecular formula is C23H17BrO3S. The van der Waals surface area contributed by atoms with Crippen LogP contribution in [-0.4, -0.2) is 12.9 Å². The molecule has 140 valence electrons. The topological polar surface area (TPSA) is 35.5 Å². The molecular weight excluding hydrogens is 436 g/mol. The minimum Gasteiger partial charge on any atom is -0.493 e. The highest BCUT2D eigenvalue weighted by Crippen LogP contribution is 2.42. The summed E-state index contributed by atoms with van der Waals surface area (Å²) in [6.07, 6.45) is 1.89. The van der Waals surface area contributed by atoms with Crippen LogP contribution in [0.1, 0.15) is 21.5 Å². The molecule has 0 fully saturated rings. The zero-order chi connectivity index (χ0) is 19.5. The highest BCUT2D eigenvalue weighted by Gasteiger charge is 2.25. The van der Waals surface area contributed by atoms with Crippen LogP contribution in [-0.2, 0) is 6.61 Å². The van der Waals surface area contributed by atoms with Gasteiger partial charge in [-0.3, -0.25) is 4.79 Å². The molecule has 0 amide bonds. The van der Waals surface area contributed by atoms with Gasteiger partial charge in [-0.15, -0.1) is 0 Å². The predicted molar refractivity (Wildman–Crippen MR) is 116 cm³/mol. The first-order valence-electron chi connectivity index (χ1n) is 8.73. The summed E-state index contributed by atoms with van der Waals surface area (Å²) in [4.78, 5) is 14.3. The molecule has 0 saturated carbocycles. The molecule has 3 aromatic rings. The van der Waals surface area contributed by atoms with Crippen LogP contribution in [0.5, 0.6) is 11.5 Å². The van der Waals surface area contributed by atoms with Crippen LogP contribution in [0.4, 0.5) is 0 Å². The number of ether oxygens (including phenoxy) is 2. The van der Waals surface area contributed by atoms with Crippen LogP contribution in [0.2, 0.25) is 0 Å². The normalized spacial score (nSPS) is 14.2. The molecule has 0 N–H and O–H groups in total. The molecule has 0 bridgehead atoms. The van der Waals surface area contributed by atoms with Gasteiger partial charge in [0.15, 0.2) is 11.5 Å². The lowest BCUT2D eigenvalue weighted by atomic mass is 10.1. The van der Waals surface area contributed by atoms with Crippen molar-refractivity contribution >= 4 is 39.6 Å². The molecule has 1 heterocycles. The van der Waals surface area contributed by atoms with E-state index in [-0.39, 0.29) is 5.78 Å². The van der Waals surface area contributed by atoms with Gasteiger partial charge in [0, 0.05) is 10.5 Å². The van der Waals surface area contributed by atoms with Gasteiger partial charge in [0.05, 0.1) is 16.5 Å². The predicted octanol–water partition coefficient (Wildman–Crippen LogP) is 6.37. The lowest BCUT2D eigenvalue weighted by molar-refractivity contribution is 0.104. The number of benzene rings is 3. The van der Waals surface area contributed by atoms with Crippen molar-refractivity contribution in [2.75, 3.05) is 7.11 Å². The van der Waals surface area contributed by atoms with Crippen LogP contribution in [0, 0.1) is 0 Å². The minimum absolute atomic E-state index is 0.0556. The Labute approximate surface area is 176 Å². The summed E-state index contributed by atoms with van der Waals surface area (Å²) in [5.41, 5.74) is 2.71. The molecule has 0 radical (unpaired) electrons. The number of thioether (sulfide) groups is 1. The maximum absolute atomic E-state index is 12.6. The van der Waals surface area contributed by atoms with Gasteiger partial charge in [-0.05, 0) is 57.4 Å². The van der Waals surface area contributed by atoms with Gasteiger partial charge in [-0.25, -0.2) is 0 Å². The fraction of sp³-hybridized carbons (Fsp3) is 0.0870. The lowest BCUT2D eigenvalue weighted by Crippen LogP contribution is -1.99. The van der Waals surface area contributed by atoms with Crippen LogP contribution in [0.15, 0.2) is 81.0 Å². The van der Waals surface area contributed by atoms with Gasteiger partial charge in [0.25, 0.3) is 0 Å². The van der Waals surface area contributed by atoms with E-state index in [9.17, 15) is 4.79 Å². The number of carbonyl (C=O) groups excluding carboxylic acids is 1. The van der Waals surface area contributed by atoms with E-state index in [4.69, 9.17) is 9.47 Å². The summed E-state index contributed by atoms with van der Waals surface area (Å²) in [7, 11) is 1.61. The first-order valence-corrected chi connectivity index (χ1v) is 10.3. The molecule has 0 aromatic heterocycles. The molecule has 5 heteroatoms. The largest absolute Gasteiger partial charge is 0.493 e. The fourth-order valence-corrected chi connectivity index (χ4v) is 4.61. The Hall–Kier alpha value is -2.50. The van der Waals surface area contributed by atoms with Crippen LogP contribution < -0.4 is 9.47 Å². The van der Waals surface area contributed by atoms with E-state index < -0.39 is 0 Å². The molecule has 0 aliphatic carbocycles.